The molecule has 0 bridgehead atoms. The quantitative estimate of drug-likeness (QED) is 0.138. The standard InChI is InChI=1S/C33H26F3N3O4/c1-3-42-28-19-29(43-4-2)26(30(40)21-11-6-5-7-12-21)18-23(28)20-37-39-31(22-13-10-14-24(17-22)33(34,35)36)38-27-16-9-8-15-25(27)32(39)41/h5-20H,3-4H2,1-2H3. The number of fused-ring (bicyclic) bond motifs is 1. The minimum absolute atomic E-state index is 0.0477. The number of hydrogen-bond acceptors (Lipinski definition) is 6. The van der Waals surface area contributed by atoms with E-state index in [1.165, 1.54) is 18.3 Å². The summed E-state index contributed by atoms with van der Waals surface area (Å²) < 4.78 is 53.2. The minimum atomic E-state index is -4.60. The Bertz CT molecular complexity index is 1880. The molecule has 0 unspecified atom stereocenters. The predicted octanol–water partition coefficient (Wildman–Crippen LogP) is 6.99. The number of nitrogens with zero attached hydrogens (tertiary/aromatic N) is 3. The molecule has 218 valence electrons. The van der Waals surface area contributed by atoms with E-state index < -0.39 is 17.3 Å². The van der Waals surface area contributed by atoms with E-state index in [0.29, 0.717) is 34.7 Å². The number of carbonyl (C=O) groups excluding carboxylic acids is 1. The van der Waals surface area contributed by atoms with E-state index in [1.54, 1.807) is 80.6 Å². The Labute approximate surface area is 244 Å². The van der Waals surface area contributed by atoms with Gasteiger partial charge in [-0.1, -0.05) is 54.6 Å². The van der Waals surface area contributed by atoms with E-state index in [9.17, 15) is 22.8 Å². The number of aromatic nitrogens is 2. The fourth-order valence-electron chi connectivity index (χ4n) is 4.53. The van der Waals surface area contributed by atoms with Crippen LogP contribution in [0.1, 0.15) is 40.9 Å². The van der Waals surface area contributed by atoms with Gasteiger partial charge in [0.05, 0.1) is 41.5 Å². The van der Waals surface area contributed by atoms with Gasteiger partial charge in [-0.05, 0) is 44.2 Å². The SMILES string of the molecule is CCOc1cc(OCC)c(C(=O)c2ccccc2)cc1C=Nn1c(-c2cccc(C(F)(F)F)c2)nc2ccccc2c1=O. The van der Waals surface area contributed by atoms with Crippen molar-refractivity contribution in [3.8, 4) is 22.9 Å². The van der Waals surface area contributed by atoms with E-state index in [0.717, 1.165) is 16.8 Å². The van der Waals surface area contributed by atoms with Crippen molar-refractivity contribution in [2.75, 3.05) is 13.2 Å². The number of rotatable bonds is 9. The molecule has 0 atom stereocenters. The van der Waals surface area contributed by atoms with Crippen molar-refractivity contribution in [2.45, 2.75) is 20.0 Å². The van der Waals surface area contributed by atoms with Crippen LogP contribution in [0.3, 0.4) is 0 Å². The molecule has 43 heavy (non-hydrogen) atoms. The maximum Gasteiger partial charge on any atom is 0.416 e. The minimum Gasteiger partial charge on any atom is -0.493 e. The highest BCUT2D eigenvalue weighted by molar-refractivity contribution is 6.11. The number of benzene rings is 4. The molecule has 5 rings (SSSR count). The summed E-state index contributed by atoms with van der Waals surface area (Å²) in [6, 6.07) is 22.8. The average Bonchev–Trinajstić information content (AvgIpc) is 3.01. The lowest BCUT2D eigenvalue weighted by Gasteiger charge is -2.15. The normalized spacial score (nSPS) is 11.7. The van der Waals surface area contributed by atoms with Gasteiger partial charge in [0.15, 0.2) is 11.6 Å². The van der Waals surface area contributed by atoms with Crippen molar-refractivity contribution in [3.05, 3.63) is 124 Å². The van der Waals surface area contributed by atoms with E-state index in [4.69, 9.17) is 9.47 Å². The van der Waals surface area contributed by atoms with Crippen LogP contribution in [0.2, 0.25) is 0 Å². The molecule has 0 N–H and O–H groups in total. The Morgan fingerprint density at radius 1 is 0.884 bits per heavy atom. The average molecular weight is 586 g/mol. The predicted molar refractivity (Wildman–Crippen MR) is 158 cm³/mol. The molecule has 0 aliphatic rings. The third-order valence-corrected chi connectivity index (χ3v) is 6.51. The maximum atomic E-state index is 13.6. The van der Waals surface area contributed by atoms with Gasteiger partial charge in [-0.25, -0.2) is 4.98 Å². The number of hydrogen-bond donors (Lipinski definition) is 0. The second kappa shape index (κ2) is 12.3. The Balaban J connectivity index is 1.70. The molecule has 0 aliphatic carbocycles. The van der Waals surface area contributed by atoms with E-state index in [-0.39, 0.29) is 34.7 Å². The van der Waals surface area contributed by atoms with Crippen LogP contribution in [0.5, 0.6) is 11.5 Å². The lowest BCUT2D eigenvalue weighted by atomic mass is 10.00. The summed E-state index contributed by atoms with van der Waals surface area (Å²) in [4.78, 5) is 31.6. The molecule has 0 radical (unpaired) electrons. The van der Waals surface area contributed by atoms with Gasteiger partial charge in [0.25, 0.3) is 5.56 Å². The van der Waals surface area contributed by atoms with Crippen molar-refractivity contribution in [1.82, 2.24) is 9.66 Å². The summed E-state index contributed by atoms with van der Waals surface area (Å²) in [5.41, 5.74) is -0.0856. The first-order valence-corrected chi connectivity index (χ1v) is 13.5. The molecule has 0 spiro atoms. The summed E-state index contributed by atoms with van der Waals surface area (Å²) in [6.07, 6.45) is -3.28. The van der Waals surface area contributed by atoms with Crippen LogP contribution < -0.4 is 15.0 Å². The molecule has 1 heterocycles. The van der Waals surface area contributed by atoms with Gasteiger partial charge in [-0.2, -0.15) is 22.9 Å². The zero-order chi connectivity index (χ0) is 30.6. The fourth-order valence-corrected chi connectivity index (χ4v) is 4.53. The first-order valence-electron chi connectivity index (χ1n) is 13.5. The number of para-hydroxylation sites is 1. The van der Waals surface area contributed by atoms with E-state index in [1.807, 2.05) is 0 Å². The van der Waals surface area contributed by atoms with Gasteiger partial charge >= 0.3 is 6.18 Å². The van der Waals surface area contributed by atoms with Crippen LogP contribution in [-0.2, 0) is 6.18 Å². The van der Waals surface area contributed by atoms with Gasteiger partial charge in [-0.15, -0.1) is 0 Å². The van der Waals surface area contributed by atoms with Crippen molar-refractivity contribution in [3.63, 3.8) is 0 Å². The summed E-state index contributed by atoms with van der Waals surface area (Å²) in [5, 5.41) is 4.62. The Kier molecular flexibility index (Phi) is 8.38. The topological polar surface area (TPSA) is 82.8 Å². The summed E-state index contributed by atoms with van der Waals surface area (Å²) in [6.45, 7) is 4.16. The molecule has 10 heteroatoms. The summed E-state index contributed by atoms with van der Waals surface area (Å²) in [7, 11) is 0. The number of ether oxygens (including phenoxy) is 2. The van der Waals surface area contributed by atoms with Crippen molar-refractivity contribution in [1.29, 1.82) is 0 Å². The van der Waals surface area contributed by atoms with E-state index >= 15 is 0 Å². The second-order valence-corrected chi connectivity index (χ2v) is 9.34. The first kappa shape index (κ1) is 29.2. The Morgan fingerprint density at radius 3 is 2.30 bits per heavy atom. The lowest BCUT2D eigenvalue weighted by molar-refractivity contribution is -0.137. The van der Waals surface area contributed by atoms with Crippen LogP contribution in [0.15, 0.2) is 101 Å². The third kappa shape index (κ3) is 6.18. The molecule has 0 aliphatic heterocycles. The van der Waals surface area contributed by atoms with Gasteiger partial charge < -0.3 is 9.47 Å². The third-order valence-electron chi connectivity index (χ3n) is 6.51. The van der Waals surface area contributed by atoms with Crippen LogP contribution in [0, 0.1) is 0 Å². The smallest absolute Gasteiger partial charge is 0.416 e. The van der Waals surface area contributed by atoms with Crippen LogP contribution in [0.25, 0.3) is 22.3 Å². The zero-order valence-corrected chi connectivity index (χ0v) is 23.3. The molecule has 0 saturated heterocycles. The highest BCUT2D eigenvalue weighted by Crippen LogP contribution is 2.33. The number of alkyl halides is 3. The molecule has 4 aromatic carbocycles. The maximum absolute atomic E-state index is 13.6. The highest BCUT2D eigenvalue weighted by Gasteiger charge is 2.31. The lowest BCUT2D eigenvalue weighted by Crippen LogP contribution is -2.20. The molecule has 5 aromatic rings. The monoisotopic (exact) mass is 585 g/mol. The molecule has 0 fully saturated rings. The molecule has 0 amide bonds. The summed E-state index contributed by atoms with van der Waals surface area (Å²) in [5.74, 6) is 0.263. The number of halogens is 3. The van der Waals surface area contributed by atoms with Gasteiger partial charge in [0.1, 0.15) is 11.5 Å². The Morgan fingerprint density at radius 2 is 1.58 bits per heavy atom. The van der Waals surface area contributed by atoms with Gasteiger partial charge in [-0.3, -0.25) is 9.59 Å². The van der Waals surface area contributed by atoms with Gasteiger partial charge in [0, 0.05) is 22.8 Å². The van der Waals surface area contributed by atoms with Crippen molar-refractivity contribution < 1.29 is 27.4 Å². The molecule has 1 aromatic heterocycles. The zero-order valence-electron chi connectivity index (χ0n) is 23.3. The molecule has 7 nitrogen and oxygen atoms in total. The second-order valence-electron chi connectivity index (χ2n) is 9.34. The molecular formula is C33H26F3N3O4. The van der Waals surface area contributed by atoms with Crippen LogP contribution in [-0.4, -0.2) is 34.9 Å². The van der Waals surface area contributed by atoms with Crippen LogP contribution >= 0.6 is 0 Å². The summed E-state index contributed by atoms with van der Waals surface area (Å²) >= 11 is 0. The number of carbonyl (C=O) groups is 1. The first-order chi connectivity index (χ1) is 20.7. The Hall–Kier alpha value is -5.25. The van der Waals surface area contributed by atoms with Crippen LogP contribution in [0.4, 0.5) is 13.2 Å². The highest BCUT2D eigenvalue weighted by atomic mass is 19.4. The van der Waals surface area contributed by atoms with E-state index in [2.05, 4.69) is 10.1 Å². The molecular weight excluding hydrogens is 559 g/mol. The van der Waals surface area contributed by atoms with Crippen molar-refractivity contribution in [2.24, 2.45) is 5.10 Å². The van der Waals surface area contributed by atoms with Gasteiger partial charge in [0.2, 0.25) is 0 Å². The largest absolute Gasteiger partial charge is 0.493 e. The molecule has 0 saturated carbocycles. The van der Waals surface area contributed by atoms with Crippen molar-refractivity contribution >= 4 is 22.9 Å². The number of ketones is 1. The fraction of sp³-hybridized carbons (Fsp3) is 0.152.